The van der Waals surface area contributed by atoms with Crippen molar-refractivity contribution in [2.75, 3.05) is 55.3 Å². The minimum atomic E-state index is -3.53. The van der Waals surface area contributed by atoms with Crippen LogP contribution in [0.2, 0.25) is 5.02 Å². The van der Waals surface area contributed by atoms with E-state index >= 15 is 0 Å². The number of halogens is 1. The fraction of sp³-hybridized carbons (Fsp3) is 0.333. The Morgan fingerprint density at radius 1 is 0.972 bits per heavy atom. The summed E-state index contributed by atoms with van der Waals surface area (Å²) in [6, 6.07) is 15.6. The van der Waals surface area contributed by atoms with E-state index in [9.17, 15) is 8.42 Å². The van der Waals surface area contributed by atoms with Gasteiger partial charge in [-0.15, -0.1) is 0 Å². The average molecular weight is 531 g/mol. The highest BCUT2D eigenvalue weighted by Gasteiger charge is 2.14. The molecule has 36 heavy (non-hydrogen) atoms. The van der Waals surface area contributed by atoms with Gasteiger partial charge in [0.2, 0.25) is 5.95 Å². The molecule has 0 saturated carbocycles. The molecular formula is C24H31ClN8O2S. The molecule has 1 fully saturated rings. The van der Waals surface area contributed by atoms with Crippen LogP contribution in [0.5, 0.6) is 0 Å². The zero-order valence-electron chi connectivity index (χ0n) is 20.3. The maximum absolute atomic E-state index is 11.8. The predicted molar refractivity (Wildman–Crippen MR) is 146 cm³/mol. The Balaban J connectivity index is 1.40. The first kappa shape index (κ1) is 26.1. The summed E-state index contributed by atoms with van der Waals surface area (Å²) in [7, 11) is -1.38. The highest BCUT2D eigenvalue weighted by atomic mass is 35.5. The number of rotatable bonds is 10. The number of likely N-dealkylation sites (N-methyl/N-ethyl adjacent to an activating group) is 1. The summed E-state index contributed by atoms with van der Waals surface area (Å²) in [4.78, 5) is 13.5. The maximum atomic E-state index is 11.8. The number of anilines is 5. The van der Waals surface area contributed by atoms with Gasteiger partial charge in [0, 0.05) is 56.3 Å². The van der Waals surface area contributed by atoms with E-state index in [2.05, 4.69) is 59.0 Å². The van der Waals surface area contributed by atoms with Gasteiger partial charge in [-0.1, -0.05) is 30.7 Å². The van der Waals surface area contributed by atoms with Gasteiger partial charge in [-0.25, -0.2) is 9.71 Å². The molecule has 12 heteroatoms. The Hall–Kier alpha value is -2.96. The van der Waals surface area contributed by atoms with Crippen molar-refractivity contribution in [1.29, 1.82) is 0 Å². The molecule has 1 saturated heterocycles. The van der Waals surface area contributed by atoms with Crippen molar-refractivity contribution in [2.24, 2.45) is 0 Å². The lowest BCUT2D eigenvalue weighted by molar-refractivity contribution is 0.313. The molecule has 0 spiro atoms. The van der Waals surface area contributed by atoms with Gasteiger partial charge in [-0.2, -0.15) is 18.1 Å². The summed E-state index contributed by atoms with van der Waals surface area (Å²) < 4.78 is 28.6. The smallest absolute Gasteiger partial charge is 0.277 e. The van der Waals surface area contributed by atoms with Gasteiger partial charge in [-0.05, 0) is 49.0 Å². The van der Waals surface area contributed by atoms with Crippen molar-refractivity contribution in [2.45, 2.75) is 13.5 Å². The molecule has 0 bridgehead atoms. The van der Waals surface area contributed by atoms with E-state index in [0.29, 0.717) is 23.3 Å². The molecule has 10 nitrogen and oxygen atoms in total. The second kappa shape index (κ2) is 11.8. The van der Waals surface area contributed by atoms with Crippen molar-refractivity contribution < 1.29 is 8.42 Å². The third-order valence-electron chi connectivity index (χ3n) is 5.73. The van der Waals surface area contributed by atoms with Gasteiger partial charge >= 0.3 is 0 Å². The summed E-state index contributed by atoms with van der Waals surface area (Å²) in [5.41, 5.74) is 3.57. The number of hydrogen-bond acceptors (Lipinski definition) is 8. The van der Waals surface area contributed by atoms with Crippen LogP contribution >= 0.6 is 11.6 Å². The van der Waals surface area contributed by atoms with Gasteiger partial charge in [0.1, 0.15) is 5.02 Å². The maximum Gasteiger partial charge on any atom is 0.277 e. The minimum absolute atomic E-state index is 0.152. The third-order valence-corrected chi connectivity index (χ3v) is 7.20. The van der Waals surface area contributed by atoms with Crippen LogP contribution in [-0.2, 0) is 16.8 Å². The van der Waals surface area contributed by atoms with E-state index in [0.717, 1.165) is 43.1 Å². The normalized spacial score (nSPS) is 14.6. The van der Waals surface area contributed by atoms with Gasteiger partial charge in [0.15, 0.2) is 5.82 Å². The van der Waals surface area contributed by atoms with Crippen molar-refractivity contribution >= 4 is 50.6 Å². The molecule has 2 heterocycles. The monoisotopic (exact) mass is 530 g/mol. The van der Waals surface area contributed by atoms with Crippen LogP contribution < -0.4 is 25.0 Å². The Labute approximate surface area is 217 Å². The second-order valence-electron chi connectivity index (χ2n) is 8.50. The topological polar surface area (TPSA) is 115 Å². The van der Waals surface area contributed by atoms with E-state index in [1.807, 2.05) is 36.4 Å². The fourth-order valence-corrected chi connectivity index (χ4v) is 4.76. The Morgan fingerprint density at radius 3 is 2.44 bits per heavy atom. The molecular weight excluding hydrogens is 500 g/mol. The molecule has 4 rings (SSSR count). The number of piperazine rings is 1. The van der Waals surface area contributed by atoms with E-state index in [4.69, 9.17) is 11.6 Å². The quantitative estimate of drug-likeness (QED) is 0.316. The molecule has 0 aliphatic carbocycles. The second-order valence-corrected chi connectivity index (χ2v) is 10.5. The lowest BCUT2D eigenvalue weighted by atomic mass is 10.2. The largest absolute Gasteiger partial charge is 0.369 e. The molecule has 4 N–H and O–H groups in total. The minimum Gasteiger partial charge on any atom is -0.369 e. The first-order valence-corrected chi connectivity index (χ1v) is 13.6. The molecule has 1 aliphatic rings. The Bertz CT molecular complexity index is 1270. The van der Waals surface area contributed by atoms with E-state index in [-0.39, 0.29) is 6.54 Å². The SMILES string of the molecule is CCNS(=O)(=O)NCc1cccc(Nc2nc(Nc3ccc(N4CCN(C)CC4)cc3)ncc2Cl)c1. The zero-order valence-corrected chi connectivity index (χ0v) is 21.9. The molecule has 3 aromatic rings. The molecule has 0 unspecified atom stereocenters. The molecule has 1 aliphatic heterocycles. The number of benzene rings is 2. The van der Waals surface area contributed by atoms with Gasteiger partial charge in [0.25, 0.3) is 10.2 Å². The van der Waals surface area contributed by atoms with Gasteiger partial charge in [-0.3, -0.25) is 0 Å². The van der Waals surface area contributed by atoms with Crippen LogP contribution in [0.3, 0.4) is 0 Å². The summed E-state index contributed by atoms with van der Waals surface area (Å²) in [5.74, 6) is 0.845. The van der Waals surface area contributed by atoms with Crippen LogP contribution in [0, 0.1) is 0 Å². The first-order chi connectivity index (χ1) is 17.3. The van der Waals surface area contributed by atoms with E-state index in [1.165, 1.54) is 11.9 Å². The van der Waals surface area contributed by atoms with Crippen LogP contribution in [0.25, 0.3) is 0 Å². The lowest BCUT2D eigenvalue weighted by Crippen LogP contribution is -2.44. The first-order valence-electron chi connectivity index (χ1n) is 11.7. The van der Waals surface area contributed by atoms with Gasteiger partial charge in [0.05, 0.1) is 6.20 Å². The molecule has 0 radical (unpaired) electrons. The summed E-state index contributed by atoms with van der Waals surface area (Å²) in [6.45, 7) is 6.34. The number of aromatic nitrogens is 2. The number of hydrogen-bond donors (Lipinski definition) is 4. The van der Waals surface area contributed by atoms with Crippen molar-refractivity contribution in [3.63, 3.8) is 0 Å². The molecule has 2 aromatic carbocycles. The number of nitrogens with zero attached hydrogens (tertiary/aromatic N) is 4. The van der Waals surface area contributed by atoms with Crippen molar-refractivity contribution in [3.05, 3.63) is 65.3 Å². The molecule has 0 amide bonds. The predicted octanol–water partition coefficient (Wildman–Crippen LogP) is 3.31. The Morgan fingerprint density at radius 2 is 1.72 bits per heavy atom. The lowest BCUT2D eigenvalue weighted by Gasteiger charge is -2.34. The van der Waals surface area contributed by atoms with E-state index in [1.54, 1.807) is 6.92 Å². The van der Waals surface area contributed by atoms with Gasteiger partial charge < -0.3 is 20.4 Å². The van der Waals surface area contributed by atoms with Crippen LogP contribution in [-0.4, -0.2) is 63.1 Å². The molecule has 192 valence electrons. The highest BCUT2D eigenvalue weighted by molar-refractivity contribution is 7.87. The number of nitrogens with one attached hydrogen (secondary N) is 4. The summed E-state index contributed by atoms with van der Waals surface area (Å²) in [5, 5.41) is 6.78. The van der Waals surface area contributed by atoms with Crippen molar-refractivity contribution in [1.82, 2.24) is 24.3 Å². The zero-order chi connectivity index (χ0) is 25.5. The van der Waals surface area contributed by atoms with Crippen LogP contribution in [0.1, 0.15) is 12.5 Å². The standard InChI is InChI=1S/C24H31ClN8O2S/c1-3-27-36(34,35)28-16-18-5-4-6-20(15-18)29-23-22(25)17-26-24(31-23)30-19-7-9-21(10-8-19)33-13-11-32(2)12-14-33/h4-10,15,17,27-28H,3,11-14,16H2,1-2H3,(H2,26,29,30,31). The molecule has 1 aromatic heterocycles. The summed E-state index contributed by atoms with van der Waals surface area (Å²) in [6.07, 6.45) is 1.53. The summed E-state index contributed by atoms with van der Waals surface area (Å²) >= 11 is 6.34. The highest BCUT2D eigenvalue weighted by Crippen LogP contribution is 2.26. The van der Waals surface area contributed by atoms with Crippen molar-refractivity contribution in [3.8, 4) is 0 Å². The van der Waals surface area contributed by atoms with E-state index < -0.39 is 10.2 Å². The Kier molecular flexibility index (Phi) is 8.60. The van der Waals surface area contributed by atoms with Crippen LogP contribution in [0.4, 0.5) is 28.8 Å². The fourth-order valence-electron chi connectivity index (χ4n) is 3.78. The third kappa shape index (κ3) is 7.28. The molecule has 0 atom stereocenters. The average Bonchev–Trinajstić information content (AvgIpc) is 2.86. The van der Waals surface area contributed by atoms with Crippen LogP contribution in [0.15, 0.2) is 54.7 Å².